The molecule has 4 atom stereocenters. The van der Waals surface area contributed by atoms with Gasteiger partial charge in [-0.2, -0.15) is 0 Å². The van der Waals surface area contributed by atoms with E-state index in [-0.39, 0.29) is 24.8 Å². The van der Waals surface area contributed by atoms with E-state index in [0.717, 1.165) is 17.4 Å². The first kappa shape index (κ1) is 26.5. The number of piperidine rings is 1. The lowest BCUT2D eigenvalue weighted by molar-refractivity contribution is -0.152. The molecule has 1 aliphatic rings. The zero-order valence-electron chi connectivity index (χ0n) is 18.9. The molecule has 0 spiro atoms. The van der Waals surface area contributed by atoms with Gasteiger partial charge < -0.3 is 10.0 Å². The molecular formula is C24H28Cl2N2O5S. The molecular weight excluding hydrogens is 499 g/mol. The number of benzene rings is 2. The number of hydrogen-bond acceptors (Lipinski definition) is 4. The molecule has 0 aromatic heterocycles. The molecule has 3 rings (SSSR count). The van der Waals surface area contributed by atoms with Gasteiger partial charge in [0, 0.05) is 34.5 Å². The molecule has 34 heavy (non-hydrogen) atoms. The lowest BCUT2D eigenvalue weighted by Gasteiger charge is -2.48. The summed E-state index contributed by atoms with van der Waals surface area (Å²) in [5.74, 6) is -2.37. The third-order valence-electron chi connectivity index (χ3n) is 6.18. The van der Waals surface area contributed by atoms with Crippen LogP contribution < -0.4 is 4.72 Å². The fourth-order valence-electron chi connectivity index (χ4n) is 4.66. The van der Waals surface area contributed by atoms with Crippen molar-refractivity contribution in [3.05, 3.63) is 69.7 Å². The molecule has 1 aliphatic heterocycles. The molecule has 2 aromatic carbocycles. The first-order valence-electron chi connectivity index (χ1n) is 11.0. The van der Waals surface area contributed by atoms with Crippen LogP contribution in [-0.2, 0) is 19.6 Å². The molecule has 0 saturated carbocycles. The van der Waals surface area contributed by atoms with Gasteiger partial charge in [0.05, 0.1) is 18.7 Å². The standard InChI is InChI=1S/C24H28Cl2N2O5S/c1-3-20(14-27-34(2,32)33)28-23(15-7-9-18(25)10-8-15)21(16-5-4-6-19(26)11-16)12-17(24(28)31)13-22(29)30/h4-11,17,20-21,23,27H,3,12-14H2,1-2H3,(H,29,30)/t17-,20?,21?,23-/m1/s1. The zero-order valence-corrected chi connectivity index (χ0v) is 21.3. The smallest absolute Gasteiger partial charge is 0.304 e. The topological polar surface area (TPSA) is 104 Å². The van der Waals surface area contributed by atoms with Crippen molar-refractivity contribution >= 4 is 45.1 Å². The molecule has 0 aliphatic carbocycles. The van der Waals surface area contributed by atoms with E-state index in [2.05, 4.69) is 4.72 Å². The second-order valence-corrected chi connectivity index (χ2v) is 11.3. The van der Waals surface area contributed by atoms with Crippen LogP contribution >= 0.6 is 23.2 Å². The number of hydrogen-bond donors (Lipinski definition) is 2. The third kappa shape index (κ3) is 6.50. The Labute approximate surface area is 210 Å². The normalized spacial score (nSPS) is 21.9. The summed E-state index contributed by atoms with van der Waals surface area (Å²) >= 11 is 12.4. The summed E-state index contributed by atoms with van der Waals surface area (Å²) < 4.78 is 26.1. The number of nitrogens with zero attached hydrogens (tertiary/aromatic N) is 1. The number of halogens is 2. The fraction of sp³-hybridized carbons (Fsp3) is 0.417. The van der Waals surface area contributed by atoms with Crippen LogP contribution in [0.3, 0.4) is 0 Å². The van der Waals surface area contributed by atoms with Crippen LogP contribution in [0.4, 0.5) is 0 Å². The van der Waals surface area contributed by atoms with Gasteiger partial charge in [-0.15, -0.1) is 0 Å². The van der Waals surface area contributed by atoms with Crippen molar-refractivity contribution in [1.29, 1.82) is 0 Å². The van der Waals surface area contributed by atoms with Crippen LogP contribution in [-0.4, -0.2) is 49.1 Å². The highest BCUT2D eigenvalue weighted by Crippen LogP contribution is 2.47. The SMILES string of the molecule is CCC(CNS(C)(=O)=O)N1C(=O)[C@@H](CC(=O)O)CC(c2cccc(Cl)c2)[C@H]1c1ccc(Cl)cc1. The molecule has 1 heterocycles. The van der Waals surface area contributed by atoms with Crippen molar-refractivity contribution in [2.75, 3.05) is 12.8 Å². The molecule has 1 fully saturated rings. The minimum atomic E-state index is -3.49. The summed E-state index contributed by atoms with van der Waals surface area (Å²) in [5.41, 5.74) is 1.71. The van der Waals surface area contributed by atoms with E-state index in [1.807, 2.05) is 37.3 Å². The predicted molar refractivity (Wildman–Crippen MR) is 133 cm³/mol. The molecule has 184 valence electrons. The van der Waals surface area contributed by atoms with Gasteiger partial charge in [-0.3, -0.25) is 9.59 Å². The maximum atomic E-state index is 13.7. The highest BCUT2D eigenvalue weighted by molar-refractivity contribution is 7.88. The number of sulfonamides is 1. The summed E-state index contributed by atoms with van der Waals surface area (Å²) in [6.07, 6.45) is 1.55. The van der Waals surface area contributed by atoms with Crippen molar-refractivity contribution in [2.24, 2.45) is 5.92 Å². The van der Waals surface area contributed by atoms with Crippen LogP contribution in [0.5, 0.6) is 0 Å². The van der Waals surface area contributed by atoms with E-state index in [1.165, 1.54) is 0 Å². The van der Waals surface area contributed by atoms with Gasteiger partial charge in [0.15, 0.2) is 0 Å². The van der Waals surface area contributed by atoms with E-state index in [4.69, 9.17) is 23.2 Å². The Morgan fingerprint density at radius 2 is 1.82 bits per heavy atom. The number of carbonyl (C=O) groups is 2. The Bertz CT molecular complexity index is 1140. The van der Waals surface area contributed by atoms with Gasteiger partial charge >= 0.3 is 5.97 Å². The number of likely N-dealkylation sites (tertiary alicyclic amines) is 1. The van der Waals surface area contributed by atoms with Crippen molar-refractivity contribution in [3.63, 3.8) is 0 Å². The second-order valence-electron chi connectivity index (χ2n) is 8.62. The Hall–Kier alpha value is -2.13. The van der Waals surface area contributed by atoms with E-state index in [1.54, 1.807) is 23.1 Å². The number of nitrogens with one attached hydrogen (secondary N) is 1. The van der Waals surface area contributed by atoms with Crippen LogP contribution in [0.2, 0.25) is 10.0 Å². The lowest BCUT2D eigenvalue weighted by Crippen LogP contribution is -2.54. The molecule has 2 aromatic rings. The summed E-state index contributed by atoms with van der Waals surface area (Å²) in [4.78, 5) is 27.0. The number of carboxylic acid groups (broad SMARTS) is 1. The summed E-state index contributed by atoms with van der Waals surface area (Å²) in [6.45, 7) is 1.89. The summed E-state index contributed by atoms with van der Waals surface area (Å²) in [5, 5.41) is 10.6. The highest BCUT2D eigenvalue weighted by Gasteiger charge is 2.46. The molecule has 2 unspecified atom stereocenters. The summed E-state index contributed by atoms with van der Waals surface area (Å²) in [6, 6.07) is 13.6. The number of aliphatic carboxylic acids is 1. The average Bonchev–Trinajstić information content (AvgIpc) is 2.76. The van der Waals surface area contributed by atoms with Gasteiger partial charge in [0.25, 0.3) is 0 Å². The van der Waals surface area contributed by atoms with Gasteiger partial charge in [-0.05, 0) is 48.2 Å². The Kier molecular flexibility index (Phi) is 8.62. The third-order valence-corrected chi connectivity index (χ3v) is 7.36. The van der Waals surface area contributed by atoms with E-state index >= 15 is 0 Å². The van der Waals surface area contributed by atoms with E-state index in [0.29, 0.717) is 22.9 Å². The number of carbonyl (C=O) groups excluding carboxylic acids is 1. The van der Waals surface area contributed by atoms with Crippen LogP contribution in [0.15, 0.2) is 48.5 Å². The van der Waals surface area contributed by atoms with Crippen LogP contribution in [0, 0.1) is 5.92 Å². The molecule has 1 amide bonds. The minimum absolute atomic E-state index is 0.0211. The fourth-order valence-corrected chi connectivity index (χ4v) is 5.48. The molecule has 0 radical (unpaired) electrons. The molecule has 1 saturated heterocycles. The van der Waals surface area contributed by atoms with Crippen molar-refractivity contribution in [3.8, 4) is 0 Å². The summed E-state index contributed by atoms with van der Waals surface area (Å²) in [7, 11) is -3.49. The monoisotopic (exact) mass is 526 g/mol. The predicted octanol–water partition coefficient (Wildman–Crippen LogP) is 4.47. The van der Waals surface area contributed by atoms with Crippen molar-refractivity contribution in [2.45, 2.75) is 44.2 Å². The Balaban J connectivity index is 2.16. The number of amides is 1. The minimum Gasteiger partial charge on any atom is -0.481 e. The lowest BCUT2D eigenvalue weighted by atomic mass is 9.74. The van der Waals surface area contributed by atoms with Gasteiger partial charge in [-0.25, -0.2) is 13.1 Å². The highest BCUT2D eigenvalue weighted by atomic mass is 35.5. The van der Waals surface area contributed by atoms with E-state index < -0.39 is 34.0 Å². The molecule has 0 bridgehead atoms. The number of carboxylic acids is 1. The molecule has 7 nitrogen and oxygen atoms in total. The zero-order chi connectivity index (χ0) is 25.0. The second kappa shape index (κ2) is 11.1. The maximum Gasteiger partial charge on any atom is 0.304 e. The van der Waals surface area contributed by atoms with Crippen molar-refractivity contribution < 1.29 is 23.1 Å². The van der Waals surface area contributed by atoms with E-state index in [9.17, 15) is 23.1 Å². The molecule has 2 N–H and O–H groups in total. The maximum absolute atomic E-state index is 13.7. The van der Waals surface area contributed by atoms with Gasteiger partial charge in [-0.1, -0.05) is 54.4 Å². The Morgan fingerprint density at radius 3 is 2.38 bits per heavy atom. The van der Waals surface area contributed by atoms with Crippen LogP contribution in [0.1, 0.15) is 49.3 Å². The first-order chi connectivity index (χ1) is 16.0. The van der Waals surface area contributed by atoms with Gasteiger partial charge in [0.2, 0.25) is 15.9 Å². The van der Waals surface area contributed by atoms with Crippen molar-refractivity contribution in [1.82, 2.24) is 9.62 Å². The average molecular weight is 527 g/mol. The largest absolute Gasteiger partial charge is 0.481 e. The first-order valence-corrected chi connectivity index (χ1v) is 13.6. The quantitative estimate of drug-likeness (QED) is 0.501. The van der Waals surface area contributed by atoms with Crippen LogP contribution in [0.25, 0.3) is 0 Å². The number of rotatable bonds is 9. The van der Waals surface area contributed by atoms with Gasteiger partial charge in [0.1, 0.15) is 0 Å². The Morgan fingerprint density at radius 1 is 1.15 bits per heavy atom. The molecule has 10 heteroatoms.